The Kier molecular flexibility index (Phi) is 4.92. The lowest BCUT2D eigenvalue weighted by Gasteiger charge is -2.34. The van der Waals surface area contributed by atoms with Crippen LogP contribution in [0.2, 0.25) is 0 Å². The minimum atomic E-state index is -0.862. The summed E-state index contributed by atoms with van der Waals surface area (Å²) in [5.41, 5.74) is 3.45. The highest BCUT2D eigenvalue weighted by molar-refractivity contribution is 6.05. The van der Waals surface area contributed by atoms with E-state index in [0.29, 0.717) is 19.6 Å². The Bertz CT molecular complexity index is 776. The topological polar surface area (TPSA) is 98.8 Å². The molecule has 0 aromatic heterocycles. The van der Waals surface area contributed by atoms with Crippen molar-refractivity contribution in [2.45, 2.75) is 32.9 Å². The van der Waals surface area contributed by atoms with Gasteiger partial charge in [-0.15, -0.1) is 0 Å². The fourth-order valence-electron chi connectivity index (χ4n) is 3.12. The van der Waals surface area contributed by atoms with Crippen molar-refractivity contribution in [1.29, 1.82) is 0 Å². The quantitative estimate of drug-likeness (QED) is 0.744. The summed E-state index contributed by atoms with van der Waals surface area (Å²) in [6, 6.07) is 4.66. The first-order chi connectivity index (χ1) is 12.3. The average Bonchev–Trinajstić information content (AvgIpc) is 2.90. The molecular weight excluding hydrogens is 336 g/mol. The second-order valence-corrected chi connectivity index (χ2v) is 6.77. The summed E-state index contributed by atoms with van der Waals surface area (Å²) in [6.07, 6.45) is -0.137. The van der Waals surface area contributed by atoms with E-state index in [1.165, 1.54) is 16.0 Å². The molecule has 1 atom stereocenters. The van der Waals surface area contributed by atoms with Crippen molar-refractivity contribution in [2.24, 2.45) is 0 Å². The highest BCUT2D eigenvalue weighted by Crippen LogP contribution is 2.15. The van der Waals surface area contributed by atoms with E-state index >= 15 is 0 Å². The molecule has 2 saturated heterocycles. The van der Waals surface area contributed by atoms with Crippen LogP contribution in [0.5, 0.6) is 0 Å². The predicted octanol–water partition coefficient (Wildman–Crippen LogP) is 0.0723. The minimum Gasteiger partial charge on any atom is -0.335 e. The first kappa shape index (κ1) is 17.9. The Morgan fingerprint density at radius 2 is 1.92 bits per heavy atom. The van der Waals surface area contributed by atoms with E-state index < -0.39 is 18.0 Å². The Labute approximate surface area is 151 Å². The maximum Gasteiger partial charge on any atom is 0.322 e. The molecule has 8 heteroatoms. The van der Waals surface area contributed by atoms with Crippen molar-refractivity contribution in [2.75, 3.05) is 19.6 Å². The summed E-state index contributed by atoms with van der Waals surface area (Å²) in [4.78, 5) is 50.5. The molecular formula is C18H22N4O4. The van der Waals surface area contributed by atoms with Crippen molar-refractivity contribution in [3.63, 3.8) is 0 Å². The molecule has 1 aromatic rings. The lowest BCUT2D eigenvalue weighted by molar-refractivity contribution is -0.146. The fourth-order valence-corrected chi connectivity index (χ4v) is 3.12. The number of urea groups is 1. The van der Waals surface area contributed by atoms with Crippen LogP contribution in [0.1, 0.15) is 23.1 Å². The van der Waals surface area contributed by atoms with Crippen LogP contribution in [0.15, 0.2) is 18.2 Å². The van der Waals surface area contributed by atoms with E-state index in [4.69, 9.17) is 0 Å². The smallest absolute Gasteiger partial charge is 0.322 e. The van der Waals surface area contributed by atoms with Crippen LogP contribution in [0, 0.1) is 13.8 Å². The van der Waals surface area contributed by atoms with Crippen molar-refractivity contribution < 1.29 is 19.2 Å². The summed E-state index contributed by atoms with van der Waals surface area (Å²) in [7, 11) is 0. The number of nitrogens with one attached hydrogen (secondary N) is 2. The second kappa shape index (κ2) is 7.15. The van der Waals surface area contributed by atoms with E-state index in [2.05, 4.69) is 16.7 Å². The lowest BCUT2D eigenvalue weighted by atomic mass is 10.1. The molecule has 0 spiro atoms. The number of benzene rings is 1. The van der Waals surface area contributed by atoms with E-state index in [0.717, 1.165) is 5.56 Å². The van der Waals surface area contributed by atoms with Gasteiger partial charge >= 0.3 is 6.03 Å². The summed E-state index contributed by atoms with van der Waals surface area (Å²) in [6.45, 7) is 5.45. The highest BCUT2D eigenvalue weighted by atomic mass is 16.2. The number of nitrogens with zero attached hydrogens (tertiary/aromatic N) is 2. The molecule has 0 saturated carbocycles. The van der Waals surface area contributed by atoms with E-state index in [1.807, 2.05) is 26.0 Å². The highest BCUT2D eigenvalue weighted by Gasteiger charge is 2.34. The molecule has 2 aliphatic rings. The average molecular weight is 358 g/mol. The number of piperazine rings is 1. The summed E-state index contributed by atoms with van der Waals surface area (Å²) in [5.74, 6) is -0.947. The fraction of sp³-hybridized carbons (Fsp3) is 0.444. The standard InChI is InChI=1S/C18H22N4O4/c1-11-3-4-13(7-12(11)2)9-21-5-6-22(10-16(21)24)15(23)8-14-17(25)20-18(26)19-14/h3-4,7,14H,5-6,8-10H2,1-2H3,(H2,19,20,25,26). The van der Waals surface area contributed by atoms with Gasteiger partial charge in [-0.25, -0.2) is 4.79 Å². The third-order valence-corrected chi connectivity index (χ3v) is 4.85. The Balaban J connectivity index is 1.55. The number of carbonyl (C=O) groups is 4. The Morgan fingerprint density at radius 1 is 1.15 bits per heavy atom. The molecule has 0 aliphatic carbocycles. The van der Waals surface area contributed by atoms with Crippen molar-refractivity contribution in [3.8, 4) is 0 Å². The Morgan fingerprint density at radius 3 is 2.54 bits per heavy atom. The maximum atomic E-state index is 12.4. The van der Waals surface area contributed by atoms with Crippen LogP contribution in [0.4, 0.5) is 4.79 Å². The lowest BCUT2D eigenvalue weighted by Crippen LogP contribution is -2.52. The van der Waals surface area contributed by atoms with Gasteiger partial charge in [0, 0.05) is 19.6 Å². The molecule has 1 unspecified atom stereocenters. The zero-order valence-electron chi connectivity index (χ0n) is 14.9. The number of amides is 5. The van der Waals surface area contributed by atoms with Gasteiger partial charge in [0.1, 0.15) is 6.04 Å². The summed E-state index contributed by atoms with van der Waals surface area (Å²) < 4.78 is 0. The molecule has 2 heterocycles. The normalized spacial score (nSPS) is 20.2. The second-order valence-electron chi connectivity index (χ2n) is 6.77. The number of hydrogen-bond acceptors (Lipinski definition) is 4. The molecule has 26 heavy (non-hydrogen) atoms. The van der Waals surface area contributed by atoms with Gasteiger partial charge < -0.3 is 15.1 Å². The van der Waals surface area contributed by atoms with Crippen LogP contribution in [-0.4, -0.2) is 59.2 Å². The Hall–Kier alpha value is -2.90. The first-order valence-corrected chi connectivity index (χ1v) is 8.56. The summed E-state index contributed by atoms with van der Waals surface area (Å²) >= 11 is 0. The molecule has 3 rings (SSSR count). The zero-order chi connectivity index (χ0) is 18.8. The number of carbonyl (C=O) groups excluding carboxylic acids is 4. The van der Waals surface area contributed by atoms with E-state index in [1.54, 1.807) is 4.90 Å². The van der Waals surface area contributed by atoms with Gasteiger partial charge in [0.25, 0.3) is 5.91 Å². The molecule has 0 radical (unpaired) electrons. The number of imide groups is 1. The van der Waals surface area contributed by atoms with Crippen molar-refractivity contribution >= 4 is 23.8 Å². The number of hydrogen-bond donors (Lipinski definition) is 2. The maximum absolute atomic E-state index is 12.4. The molecule has 1 aromatic carbocycles. The zero-order valence-corrected chi connectivity index (χ0v) is 14.9. The summed E-state index contributed by atoms with van der Waals surface area (Å²) in [5, 5.41) is 4.49. The van der Waals surface area contributed by atoms with Gasteiger partial charge in [0.15, 0.2) is 0 Å². The molecule has 2 fully saturated rings. The van der Waals surface area contributed by atoms with Crippen LogP contribution in [-0.2, 0) is 20.9 Å². The van der Waals surface area contributed by atoms with Gasteiger partial charge in [-0.1, -0.05) is 18.2 Å². The third-order valence-electron chi connectivity index (χ3n) is 4.85. The van der Waals surface area contributed by atoms with E-state index in [-0.39, 0.29) is 24.8 Å². The molecule has 0 bridgehead atoms. The first-order valence-electron chi connectivity index (χ1n) is 8.56. The number of aryl methyl sites for hydroxylation is 2. The minimum absolute atomic E-state index is 0.00797. The molecule has 138 valence electrons. The van der Waals surface area contributed by atoms with Gasteiger partial charge in [0.05, 0.1) is 13.0 Å². The molecule has 2 N–H and O–H groups in total. The number of rotatable bonds is 4. The van der Waals surface area contributed by atoms with Gasteiger partial charge in [-0.2, -0.15) is 0 Å². The largest absolute Gasteiger partial charge is 0.335 e. The third kappa shape index (κ3) is 3.84. The predicted molar refractivity (Wildman–Crippen MR) is 93.0 cm³/mol. The SMILES string of the molecule is Cc1ccc(CN2CCN(C(=O)CC3NC(=O)NC3=O)CC2=O)cc1C. The van der Waals surface area contributed by atoms with Crippen LogP contribution >= 0.6 is 0 Å². The molecule has 2 aliphatic heterocycles. The molecule has 8 nitrogen and oxygen atoms in total. The van der Waals surface area contributed by atoms with Gasteiger partial charge in [-0.3, -0.25) is 19.7 Å². The van der Waals surface area contributed by atoms with Crippen LogP contribution < -0.4 is 10.6 Å². The van der Waals surface area contributed by atoms with Crippen molar-refractivity contribution in [3.05, 3.63) is 34.9 Å². The van der Waals surface area contributed by atoms with Gasteiger partial charge in [-0.05, 0) is 30.5 Å². The van der Waals surface area contributed by atoms with Crippen molar-refractivity contribution in [1.82, 2.24) is 20.4 Å². The van der Waals surface area contributed by atoms with Gasteiger partial charge in [0.2, 0.25) is 11.8 Å². The monoisotopic (exact) mass is 358 g/mol. The van der Waals surface area contributed by atoms with E-state index in [9.17, 15) is 19.2 Å². The van der Waals surface area contributed by atoms with Crippen LogP contribution in [0.3, 0.4) is 0 Å². The molecule has 5 amide bonds. The van der Waals surface area contributed by atoms with Crippen LogP contribution in [0.25, 0.3) is 0 Å².